The normalized spacial score (nSPS) is 10.8. The van der Waals surface area contributed by atoms with E-state index in [-0.39, 0.29) is 5.54 Å². The van der Waals surface area contributed by atoms with Gasteiger partial charge in [0.25, 0.3) is 0 Å². The largest absolute Gasteiger partial charge is 0.365 e. The third kappa shape index (κ3) is 4.07. The predicted molar refractivity (Wildman–Crippen MR) is 85.1 cm³/mol. The van der Waals surface area contributed by atoms with Crippen LogP contribution < -0.4 is 5.32 Å². The summed E-state index contributed by atoms with van der Waals surface area (Å²) in [6.07, 6.45) is 2.83. The Morgan fingerprint density at radius 1 is 1.30 bits per heavy atom. The molecule has 4 heteroatoms. The van der Waals surface area contributed by atoms with Crippen LogP contribution in [-0.4, -0.2) is 15.5 Å². The van der Waals surface area contributed by atoms with Crippen molar-refractivity contribution < 1.29 is 0 Å². The fourth-order valence-corrected chi connectivity index (χ4v) is 2.08. The lowest BCUT2D eigenvalue weighted by atomic mass is 10.0. The van der Waals surface area contributed by atoms with Crippen LogP contribution in [0.2, 0.25) is 0 Å². The summed E-state index contributed by atoms with van der Waals surface area (Å²) in [5.74, 6) is 7.01. The van der Waals surface area contributed by atoms with Crippen molar-refractivity contribution in [2.45, 2.75) is 39.7 Å². The molecule has 0 aliphatic carbocycles. The van der Waals surface area contributed by atoms with Crippen molar-refractivity contribution in [1.82, 2.24) is 9.97 Å². The summed E-state index contributed by atoms with van der Waals surface area (Å²) in [5.41, 5.74) is 1.77. The van der Waals surface area contributed by atoms with Gasteiger partial charge in [-0.2, -0.15) is 0 Å². The number of hydrogen-bond donors (Lipinski definition) is 1. The monoisotopic (exact) mass is 285 g/mol. The Labute approximate surface area is 124 Å². The number of hydrogen-bond acceptors (Lipinski definition) is 4. The van der Waals surface area contributed by atoms with Gasteiger partial charge in [-0.05, 0) is 45.2 Å². The first-order chi connectivity index (χ1) is 9.48. The van der Waals surface area contributed by atoms with Crippen LogP contribution in [0, 0.1) is 18.8 Å². The van der Waals surface area contributed by atoms with Crippen LogP contribution in [0.3, 0.4) is 0 Å². The highest BCUT2D eigenvalue weighted by molar-refractivity contribution is 7.09. The average Bonchev–Trinajstić information content (AvgIpc) is 2.83. The van der Waals surface area contributed by atoms with Crippen molar-refractivity contribution in [3.8, 4) is 11.8 Å². The molecule has 0 fully saturated rings. The van der Waals surface area contributed by atoms with Gasteiger partial charge < -0.3 is 5.32 Å². The van der Waals surface area contributed by atoms with Gasteiger partial charge in [0.05, 0.1) is 5.01 Å². The molecule has 2 aromatic rings. The first-order valence-corrected chi connectivity index (χ1v) is 7.55. The van der Waals surface area contributed by atoms with Crippen LogP contribution in [-0.2, 0) is 0 Å². The molecule has 1 N–H and O–H groups in total. The molecule has 104 valence electrons. The third-order valence-corrected chi connectivity index (χ3v) is 3.84. The van der Waals surface area contributed by atoms with Crippen molar-refractivity contribution in [1.29, 1.82) is 0 Å². The first kappa shape index (κ1) is 14.5. The zero-order valence-electron chi connectivity index (χ0n) is 12.3. The highest BCUT2D eigenvalue weighted by Crippen LogP contribution is 2.15. The molecular formula is C16H19N3S. The molecule has 0 radical (unpaired) electrons. The second kappa shape index (κ2) is 6.06. The highest BCUT2D eigenvalue weighted by Gasteiger charge is 2.14. The zero-order valence-corrected chi connectivity index (χ0v) is 13.1. The van der Waals surface area contributed by atoms with Gasteiger partial charge >= 0.3 is 0 Å². The van der Waals surface area contributed by atoms with Gasteiger partial charge in [0.2, 0.25) is 0 Å². The number of rotatable bonds is 3. The molecule has 2 aromatic heterocycles. The molecule has 0 saturated carbocycles. The topological polar surface area (TPSA) is 37.8 Å². The predicted octanol–water partition coefficient (Wildman–Crippen LogP) is 3.85. The van der Waals surface area contributed by atoms with Crippen molar-refractivity contribution in [3.05, 3.63) is 40.0 Å². The lowest BCUT2D eigenvalue weighted by Crippen LogP contribution is -2.30. The maximum atomic E-state index is 4.40. The van der Waals surface area contributed by atoms with E-state index < -0.39 is 0 Å². The van der Waals surface area contributed by atoms with Gasteiger partial charge in [0.15, 0.2) is 0 Å². The van der Waals surface area contributed by atoms with Crippen LogP contribution in [0.4, 0.5) is 5.82 Å². The summed E-state index contributed by atoms with van der Waals surface area (Å²) in [5, 5.41) is 6.41. The van der Waals surface area contributed by atoms with Crippen molar-refractivity contribution >= 4 is 17.2 Å². The number of thiazole rings is 1. The molecular weight excluding hydrogens is 266 g/mol. The van der Waals surface area contributed by atoms with E-state index in [0.29, 0.717) is 0 Å². The van der Waals surface area contributed by atoms with E-state index in [2.05, 4.69) is 47.9 Å². The summed E-state index contributed by atoms with van der Waals surface area (Å²) in [4.78, 5) is 8.71. The minimum absolute atomic E-state index is 0.0539. The Morgan fingerprint density at radius 3 is 2.65 bits per heavy atom. The third-order valence-electron chi connectivity index (χ3n) is 3.07. The van der Waals surface area contributed by atoms with Crippen LogP contribution >= 0.6 is 11.3 Å². The Kier molecular flexibility index (Phi) is 4.41. The molecule has 20 heavy (non-hydrogen) atoms. The van der Waals surface area contributed by atoms with E-state index in [0.717, 1.165) is 28.5 Å². The smallest absolute Gasteiger partial charge is 0.126 e. The molecule has 0 unspecified atom stereocenters. The van der Waals surface area contributed by atoms with Crippen molar-refractivity contribution in [2.24, 2.45) is 0 Å². The van der Waals surface area contributed by atoms with Crippen molar-refractivity contribution in [2.75, 3.05) is 5.32 Å². The van der Waals surface area contributed by atoms with Gasteiger partial charge in [-0.25, -0.2) is 9.97 Å². The molecule has 0 aliphatic heterocycles. The van der Waals surface area contributed by atoms with E-state index in [1.54, 1.807) is 17.5 Å². The number of nitrogens with one attached hydrogen (secondary N) is 1. The minimum Gasteiger partial charge on any atom is -0.365 e. The van der Waals surface area contributed by atoms with Crippen LogP contribution in [0.15, 0.2) is 23.7 Å². The fraction of sp³-hybridized carbons (Fsp3) is 0.375. The molecule has 0 saturated heterocycles. The summed E-state index contributed by atoms with van der Waals surface area (Å²) in [6.45, 7) is 8.45. The summed E-state index contributed by atoms with van der Waals surface area (Å²) < 4.78 is 0. The second-order valence-electron chi connectivity index (χ2n) is 5.30. The van der Waals surface area contributed by atoms with Crippen LogP contribution in [0.1, 0.15) is 43.5 Å². The average molecular weight is 285 g/mol. The number of anilines is 1. The Balaban J connectivity index is 2.07. The lowest BCUT2D eigenvalue weighted by Gasteiger charge is -2.25. The fourth-order valence-electron chi connectivity index (χ4n) is 1.53. The molecule has 2 rings (SSSR count). The summed E-state index contributed by atoms with van der Waals surface area (Å²) >= 11 is 1.61. The SMILES string of the molecule is CCC(C)(C)Nc1ccc(C#Cc2csc(C)n2)cn1. The molecule has 0 amide bonds. The molecule has 0 aromatic carbocycles. The highest BCUT2D eigenvalue weighted by atomic mass is 32.1. The maximum absolute atomic E-state index is 4.40. The number of nitrogens with zero attached hydrogens (tertiary/aromatic N) is 2. The first-order valence-electron chi connectivity index (χ1n) is 6.67. The molecule has 0 aliphatic rings. The molecule has 0 atom stereocenters. The Bertz CT molecular complexity index is 630. The van der Waals surface area contributed by atoms with E-state index in [1.165, 1.54) is 0 Å². The van der Waals surface area contributed by atoms with Crippen molar-refractivity contribution in [3.63, 3.8) is 0 Å². The van der Waals surface area contributed by atoms with Gasteiger partial charge in [0.1, 0.15) is 11.5 Å². The van der Waals surface area contributed by atoms with E-state index in [1.807, 2.05) is 24.4 Å². The van der Waals surface area contributed by atoms with E-state index in [4.69, 9.17) is 0 Å². The maximum Gasteiger partial charge on any atom is 0.126 e. The summed E-state index contributed by atoms with van der Waals surface area (Å²) in [6, 6.07) is 3.95. The van der Waals surface area contributed by atoms with E-state index >= 15 is 0 Å². The molecule has 0 spiro atoms. The second-order valence-corrected chi connectivity index (χ2v) is 6.36. The number of aryl methyl sites for hydroxylation is 1. The standard InChI is InChI=1S/C16H19N3S/c1-5-16(3,4)19-15-9-7-13(10-17-15)6-8-14-11-20-12(2)18-14/h7,9-11H,5H2,1-4H3,(H,17,19). The Hall–Kier alpha value is -1.86. The Morgan fingerprint density at radius 2 is 2.10 bits per heavy atom. The van der Waals surface area contributed by atoms with Crippen LogP contribution in [0.5, 0.6) is 0 Å². The minimum atomic E-state index is 0.0539. The quantitative estimate of drug-likeness (QED) is 0.871. The zero-order chi connectivity index (χ0) is 14.6. The summed E-state index contributed by atoms with van der Waals surface area (Å²) in [7, 11) is 0. The van der Waals surface area contributed by atoms with Gasteiger partial charge in [0, 0.05) is 22.7 Å². The van der Waals surface area contributed by atoms with Gasteiger partial charge in [-0.15, -0.1) is 11.3 Å². The van der Waals surface area contributed by atoms with E-state index in [9.17, 15) is 0 Å². The molecule has 0 bridgehead atoms. The molecule has 2 heterocycles. The lowest BCUT2D eigenvalue weighted by molar-refractivity contribution is 0.545. The number of aromatic nitrogens is 2. The van der Waals surface area contributed by atoms with Gasteiger partial charge in [-0.3, -0.25) is 0 Å². The van der Waals surface area contributed by atoms with Crippen LogP contribution in [0.25, 0.3) is 0 Å². The van der Waals surface area contributed by atoms with Gasteiger partial charge in [-0.1, -0.05) is 12.8 Å². The molecule has 3 nitrogen and oxygen atoms in total. The number of pyridine rings is 1.